The van der Waals surface area contributed by atoms with Crippen molar-refractivity contribution in [3.05, 3.63) is 54.1 Å². The van der Waals surface area contributed by atoms with Crippen molar-refractivity contribution < 1.29 is 22.2 Å². The summed E-state index contributed by atoms with van der Waals surface area (Å²) in [5.41, 5.74) is 1.31. The Balaban J connectivity index is 1.74. The molecular weight excluding hydrogens is 428 g/mol. The van der Waals surface area contributed by atoms with Gasteiger partial charge in [-0.25, -0.2) is 0 Å². The molecule has 0 heterocycles. The molecule has 0 aliphatic heterocycles. The summed E-state index contributed by atoms with van der Waals surface area (Å²) in [6.45, 7) is 5.87. The molecule has 1 N–H and O–H groups in total. The van der Waals surface area contributed by atoms with Gasteiger partial charge < -0.3 is 14.4 Å². The van der Waals surface area contributed by atoms with Crippen molar-refractivity contribution in [1.82, 2.24) is 4.90 Å². The number of benzene rings is 2. The Morgan fingerprint density at radius 2 is 1.84 bits per heavy atom. The summed E-state index contributed by atoms with van der Waals surface area (Å²) in [5, 5.41) is 2.59. The zero-order valence-corrected chi connectivity index (χ0v) is 19.5. The number of anilines is 1. The first kappa shape index (κ1) is 23.8. The van der Waals surface area contributed by atoms with Crippen molar-refractivity contribution in [3.8, 4) is 5.75 Å². The third-order valence-corrected chi connectivity index (χ3v) is 7.04. The van der Waals surface area contributed by atoms with Gasteiger partial charge in [0.25, 0.3) is 0 Å². The Labute approximate surface area is 189 Å². The van der Waals surface area contributed by atoms with Crippen LogP contribution >= 0.6 is 0 Å². The first-order valence-corrected chi connectivity index (χ1v) is 12.3. The second-order valence-corrected chi connectivity index (χ2v) is 9.79. The number of hydrogen-bond donors (Lipinski definition) is 1. The SMILES string of the molecule is CCC(C)N(Cc1cccc(OS(=O)(=O)c2ccc(NC(C)=O)cc2)c1)C(=O)C1CCC1. The lowest BCUT2D eigenvalue weighted by atomic mass is 9.84. The fraction of sp³-hybridized carbons (Fsp3) is 0.417. The van der Waals surface area contributed by atoms with Gasteiger partial charge in [-0.3, -0.25) is 9.59 Å². The Hall–Kier alpha value is -2.87. The minimum absolute atomic E-state index is 0.0154. The Kier molecular flexibility index (Phi) is 7.56. The molecule has 0 saturated heterocycles. The zero-order chi connectivity index (χ0) is 23.3. The summed E-state index contributed by atoms with van der Waals surface area (Å²) >= 11 is 0. The predicted molar refractivity (Wildman–Crippen MR) is 123 cm³/mol. The largest absolute Gasteiger partial charge is 0.379 e. The molecule has 8 heteroatoms. The van der Waals surface area contributed by atoms with Gasteiger partial charge in [0.2, 0.25) is 11.8 Å². The van der Waals surface area contributed by atoms with Gasteiger partial charge >= 0.3 is 10.1 Å². The summed E-state index contributed by atoms with van der Waals surface area (Å²) in [6.07, 6.45) is 3.82. The van der Waals surface area contributed by atoms with Gasteiger partial charge in [-0.05, 0) is 68.1 Å². The maximum Gasteiger partial charge on any atom is 0.339 e. The number of hydrogen-bond acceptors (Lipinski definition) is 5. The van der Waals surface area contributed by atoms with Crippen molar-refractivity contribution in [2.24, 2.45) is 5.92 Å². The molecule has 2 aromatic carbocycles. The third kappa shape index (κ3) is 5.88. The van der Waals surface area contributed by atoms with Crippen molar-refractivity contribution >= 4 is 27.6 Å². The standard InChI is InChI=1S/C24H30N2O5S/c1-4-17(2)26(24(28)20-8-6-9-20)16-19-7-5-10-22(15-19)31-32(29,30)23-13-11-21(12-14-23)25-18(3)27/h5,7,10-15,17,20H,4,6,8-9,16H2,1-3H3,(H,25,27). The van der Waals surface area contributed by atoms with Crippen LogP contribution < -0.4 is 9.50 Å². The fourth-order valence-electron chi connectivity index (χ4n) is 3.54. The van der Waals surface area contributed by atoms with Crippen LogP contribution in [0.5, 0.6) is 5.75 Å². The molecule has 172 valence electrons. The van der Waals surface area contributed by atoms with Gasteiger partial charge in [-0.15, -0.1) is 0 Å². The molecule has 2 aromatic rings. The van der Waals surface area contributed by atoms with E-state index >= 15 is 0 Å². The highest BCUT2D eigenvalue weighted by Crippen LogP contribution is 2.30. The smallest absolute Gasteiger partial charge is 0.339 e. The topological polar surface area (TPSA) is 92.8 Å². The lowest BCUT2D eigenvalue weighted by Gasteiger charge is -2.35. The van der Waals surface area contributed by atoms with Crippen molar-refractivity contribution in [3.63, 3.8) is 0 Å². The van der Waals surface area contributed by atoms with Gasteiger partial charge in [0.15, 0.2) is 0 Å². The number of carbonyl (C=O) groups is 2. The van der Waals surface area contributed by atoms with E-state index in [1.54, 1.807) is 18.2 Å². The minimum atomic E-state index is -4.04. The van der Waals surface area contributed by atoms with Crippen LogP contribution in [0, 0.1) is 5.92 Å². The normalized spacial score (nSPS) is 14.8. The average Bonchev–Trinajstić information content (AvgIpc) is 2.70. The Morgan fingerprint density at radius 1 is 1.16 bits per heavy atom. The first-order chi connectivity index (χ1) is 15.2. The van der Waals surface area contributed by atoms with Crippen LogP contribution in [0.4, 0.5) is 5.69 Å². The molecule has 3 rings (SSSR count). The summed E-state index contributed by atoms with van der Waals surface area (Å²) < 4.78 is 30.7. The van der Waals surface area contributed by atoms with Crippen LogP contribution in [-0.4, -0.2) is 31.2 Å². The molecule has 1 saturated carbocycles. The summed E-state index contributed by atoms with van der Waals surface area (Å²) in [5.74, 6) is 0.220. The molecule has 1 fully saturated rings. The van der Waals surface area contributed by atoms with Gasteiger partial charge in [0.1, 0.15) is 10.6 Å². The van der Waals surface area contributed by atoms with Crippen molar-refractivity contribution in [2.75, 3.05) is 5.32 Å². The molecule has 1 atom stereocenters. The van der Waals surface area contributed by atoms with Gasteiger partial charge in [-0.2, -0.15) is 8.42 Å². The maximum absolute atomic E-state index is 12.9. The summed E-state index contributed by atoms with van der Waals surface area (Å²) in [7, 11) is -4.04. The first-order valence-electron chi connectivity index (χ1n) is 10.9. The number of rotatable bonds is 9. The Morgan fingerprint density at radius 3 is 2.41 bits per heavy atom. The minimum Gasteiger partial charge on any atom is -0.379 e. The number of carbonyl (C=O) groups excluding carboxylic acids is 2. The fourth-order valence-corrected chi connectivity index (χ4v) is 4.46. The highest BCUT2D eigenvalue weighted by Gasteiger charge is 2.31. The highest BCUT2D eigenvalue weighted by atomic mass is 32.2. The molecule has 0 aromatic heterocycles. The lowest BCUT2D eigenvalue weighted by Crippen LogP contribution is -2.43. The molecule has 0 bridgehead atoms. The summed E-state index contributed by atoms with van der Waals surface area (Å²) in [4.78, 5) is 25.9. The van der Waals surface area contributed by atoms with Crippen LogP contribution in [0.2, 0.25) is 0 Å². The molecule has 32 heavy (non-hydrogen) atoms. The molecule has 1 aliphatic rings. The van der Waals surface area contributed by atoms with Crippen LogP contribution in [-0.2, 0) is 26.3 Å². The van der Waals surface area contributed by atoms with Crippen LogP contribution in [0.3, 0.4) is 0 Å². The molecule has 2 amide bonds. The van der Waals surface area contributed by atoms with Crippen LogP contribution in [0.15, 0.2) is 53.4 Å². The molecule has 0 spiro atoms. The van der Waals surface area contributed by atoms with E-state index in [1.807, 2.05) is 17.9 Å². The average molecular weight is 459 g/mol. The van der Waals surface area contributed by atoms with Crippen LogP contribution in [0.25, 0.3) is 0 Å². The predicted octanol–water partition coefficient (Wildman–Crippen LogP) is 4.34. The molecule has 7 nitrogen and oxygen atoms in total. The van der Waals surface area contributed by atoms with E-state index in [0.29, 0.717) is 12.2 Å². The van der Waals surface area contributed by atoms with Gasteiger partial charge in [-0.1, -0.05) is 25.5 Å². The zero-order valence-electron chi connectivity index (χ0n) is 18.7. The molecular formula is C24H30N2O5S. The van der Waals surface area contributed by atoms with Gasteiger partial charge in [0.05, 0.1) is 0 Å². The third-order valence-electron chi connectivity index (χ3n) is 5.78. The molecule has 0 radical (unpaired) electrons. The quantitative estimate of drug-likeness (QED) is 0.564. The summed E-state index contributed by atoms with van der Waals surface area (Å²) in [6, 6.07) is 12.7. The number of nitrogens with zero attached hydrogens (tertiary/aromatic N) is 1. The maximum atomic E-state index is 12.9. The van der Waals surface area contributed by atoms with E-state index in [1.165, 1.54) is 31.2 Å². The van der Waals surface area contributed by atoms with E-state index in [0.717, 1.165) is 31.2 Å². The van der Waals surface area contributed by atoms with E-state index in [4.69, 9.17) is 4.18 Å². The van der Waals surface area contributed by atoms with Gasteiger partial charge in [0, 0.05) is 31.1 Å². The lowest BCUT2D eigenvalue weighted by molar-refractivity contribution is -0.141. The van der Waals surface area contributed by atoms with Crippen molar-refractivity contribution in [1.29, 1.82) is 0 Å². The molecule has 1 aliphatic carbocycles. The van der Waals surface area contributed by atoms with Crippen LogP contribution in [0.1, 0.15) is 52.0 Å². The number of nitrogens with one attached hydrogen (secondary N) is 1. The van der Waals surface area contributed by atoms with E-state index < -0.39 is 10.1 Å². The monoisotopic (exact) mass is 458 g/mol. The highest BCUT2D eigenvalue weighted by molar-refractivity contribution is 7.87. The second-order valence-electron chi connectivity index (χ2n) is 8.24. The number of amides is 2. The van der Waals surface area contributed by atoms with E-state index in [-0.39, 0.29) is 34.4 Å². The van der Waals surface area contributed by atoms with Crippen molar-refractivity contribution in [2.45, 2.75) is 63.9 Å². The van der Waals surface area contributed by atoms with E-state index in [2.05, 4.69) is 12.2 Å². The second kappa shape index (κ2) is 10.2. The Bertz CT molecular complexity index is 1060. The molecule has 1 unspecified atom stereocenters. The van der Waals surface area contributed by atoms with E-state index in [9.17, 15) is 18.0 Å².